The SMILES string of the molecule is CC(NC(=O)Cc1ccc(-c2ccccc2)cc1)c1nc2ccccc2n1CCOc1ccc(C(C)(C)C)cc1. The van der Waals surface area contributed by atoms with E-state index in [0.717, 1.165) is 39.3 Å². The minimum Gasteiger partial charge on any atom is -0.492 e. The molecule has 0 aliphatic rings. The third-order valence-electron chi connectivity index (χ3n) is 7.18. The van der Waals surface area contributed by atoms with E-state index < -0.39 is 0 Å². The zero-order chi connectivity index (χ0) is 28.1. The first kappa shape index (κ1) is 27.2. The molecule has 1 amide bonds. The van der Waals surface area contributed by atoms with Crippen LogP contribution in [0, 0.1) is 0 Å². The third-order valence-corrected chi connectivity index (χ3v) is 7.18. The standard InChI is InChI=1S/C35H37N3O2/c1-25(36-33(39)24-26-14-16-28(17-15-26)27-10-6-5-7-11-27)34-37-31-12-8-9-13-32(31)38(34)22-23-40-30-20-18-29(19-21-30)35(2,3)4/h5-21,25H,22-24H2,1-4H3,(H,36,39). The molecule has 0 saturated heterocycles. The van der Waals surface area contributed by atoms with Gasteiger partial charge in [0.25, 0.3) is 0 Å². The quantitative estimate of drug-likeness (QED) is 0.214. The number of fused-ring (bicyclic) bond motifs is 1. The molecule has 1 unspecified atom stereocenters. The molecule has 5 aromatic rings. The zero-order valence-corrected chi connectivity index (χ0v) is 23.7. The molecule has 0 aliphatic carbocycles. The number of aromatic nitrogens is 2. The summed E-state index contributed by atoms with van der Waals surface area (Å²) in [4.78, 5) is 17.9. The Hall–Kier alpha value is -4.38. The van der Waals surface area contributed by atoms with Gasteiger partial charge in [-0.15, -0.1) is 0 Å². The summed E-state index contributed by atoms with van der Waals surface area (Å²) in [5.41, 5.74) is 6.60. The van der Waals surface area contributed by atoms with Crippen LogP contribution in [0.5, 0.6) is 5.75 Å². The Kier molecular flexibility index (Phi) is 8.01. The summed E-state index contributed by atoms with van der Waals surface area (Å²) in [5.74, 6) is 1.63. The summed E-state index contributed by atoms with van der Waals surface area (Å²) in [5, 5.41) is 3.16. The molecule has 1 atom stereocenters. The molecule has 4 aromatic carbocycles. The smallest absolute Gasteiger partial charge is 0.224 e. The minimum absolute atomic E-state index is 0.0336. The molecule has 1 N–H and O–H groups in total. The normalized spacial score (nSPS) is 12.3. The van der Waals surface area contributed by atoms with Crippen LogP contribution in [0.25, 0.3) is 22.2 Å². The van der Waals surface area contributed by atoms with Gasteiger partial charge in [0, 0.05) is 0 Å². The number of rotatable bonds is 9. The van der Waals surface area contributed by atoms with Gasteiger partial charge in [-0.3, -0.25) is 4.79 Å². The van der Waals surface area contributed by atoms with Crippen molar-refractivity contribution in [2.45, 2.75) is 52.1 Å². The molecule has 5 nitrogen and oxygen atoms in total. The van der Waals surface area contributed by atoms with Crippen LogP contribution in [0.1, 0.15) is 50.7 Å². The van der Waals surface area contributed by atoms with Gasteiger partial charge in [0.05, 0.1) is 30.0 Å². The van der Waals surface area contributed by atoms with E-state index >= 15 is 0 Å². The lowest BCUT2D eigenvalue weighted by atomic mass is 9.87. The van der Waals surface area contributed by atoms with Gasteiger partial charge in [-0.1, -0.05) is 99.6 Å². The van der Waals surface area contributed by atoms with Gasteiger partial charge in [-0.2, -0.15) is 0 Å². The van der Waals surface area contributed by atoms with Crippen molar-refractivity contribution < 1.29 is 9.53 Å². The third kappa shape index (κ3) is 6.42. The van der Waals surface area contributed by atoms with Crippen LogP contribution < -0.4 is 10.1 Å². The van der Waals surface area contributed by atoms with Crippen molar-refractivity contribution in [3.63, 3.8) is 0 Å². The Bertz CT molecular complexity index is 1560. The number of hydrogen-bond donors (Lipinski definition) is 1. The molecular formula is C35H37N3O2. The van der Waals surface area contributed by atoms with Crippen molar-refractivity contribution in [3.8, 4) is 16.9 Å². The average Bonchev–Trinajstić information content (AvgIpc) is 3.32. The van der Waals surface area contributed by atoms with Gasteiger partial charge in [0.2, 0.25) is 5.91 Å². The summed E-state index contributed by atoms with van der Waals surface area (Å²) in [6.07, 6.45) is 0.313. The van der Waals surface area contributed by atoms with Gasteiger partial charge >= 0.3 is 0 Å². The van der Waals surface area contributed by atoms with Crippen LogP contribution in [-0.4, -0.2) is 22.1 Å². The Morgan fingerprint density at radius 2 is 1.50 bits per heavy atom. The maximum atomic E-state index is 13.0. The Balaban J connectivity index is 1.24. The monoisotopic (exact) mass is 531 g/mol. The highest BCUT2D eigenvalue weighted by Crippen LogP contribution is 2.25. The fourth-order valence-corrected chi connectivity index (χ4v) is 4.95. The first-order valence-corrected chi connectivity index (χ1v) is 13.9. The molecule has 0 spiro atoms. The summed E-state index contributed by atoms with van der Waals surface area (Å²) >= 11 is 0. The van der Waals surface area contributed by atoms with Crippen LogP contribution >= 0.6 is 0 Å². The van der Waals surface area contributed by atoms with E-state index in [1.165, 1.54) is 5.56 Å². The molecule has 1 aromatic heterocycles. The fraction of sp³-hybridized carbons (Fsp3) is 0.257. The largest absolute Gasteiger partial charge is 0.492 e. The van der Waals surface area contributed by atoms with Crippen molar-refractivity contribution in [3.05, 3.63) is 120 Å². The highest BCUT2D eigenvalue weighted by molar-refractivity contribution is 5.80. The molecule has 204 valence electrons. The summed E-state index contributed by atoms with van der Waals surface area (Å²) in [6, 6.07) is 34.5. The Morgan fingerprint density at radius 3 is 2.20 bits per heavy atom. The number of nitrogens with zero attached hydrogens (tertiary/aromatic N) is 2. The van der Waals surface area contributed by atoms with Crippen molar-refractivity contribution in [1.82, 2.24) is 14.9 Å². The predicted octanol–water partition coefficient (Wildman–Crippen LogP) is 7.50. The second kappa shape index (κ2) is 11.8. The van der Waals surface area contributed by atoms with Crippen molar-refractivity contribution >= 4 is 16.9 Å². The van der Waals surface area contributed by atoms with Gasteiger partial charge < -0.3 is 14.6 Å². The molecule has 0 fully saturated rings. The second-order valence-electron chi connectivity index (χ2n) is 11.3. The number of hydrogen-bond acceptors (Lipinski definition) is 3. The van der Waals surface area contributed by atoms with E-state index in [2.05, 4.69) is 73.1 Å². The molecule has 0 bridgehead atoms. The number of nitrogens with one attached hydrogen (secondary N) is 1. The lowest BCUT2D eigenvalue weighted by Gasteiger charge is -2.19. The van der Waals surface area contributed by atoms with Crippen LogP contribution in [0.3, 0.4) is 0 Å². The van der Waals surface area contributed by atoms with Crippen LogP contribution in [0.2, 0.25) is 0 Å². The summed E-state index contributed by atoms with van der Waals surface area (Å²) < 4.78 is 8.25. The van der Waals surface area contributed by atoms with Gasteiger partial charge in [0.1, 0.15) is 18.2 Å². The molecule has 0 saturated carbocycles. The molecule has 5 heteroatoms. The maximum absolute atomic E-state index is 13.0. The summed E-state index contributed by atoms with van der Waals surface area (Å²) in [7, 11) is 0. The predicted molar refractivity (Wildman–Crippen MR) is 163 cm³/mol. The summed E-state index contributed by atoms with van der Waals surface area (Å²) in [6.45, 7) is 9.72. The number of para-hydroxylation sites is 2. The van der Waals surface area contributed by atoms with Gasteiger partial charge in [0.15, 0.2) is 0 Å². The van der Waals surface area contributed by atoms with Gasteiger partial charge in [-0.25, -0.2) is 4.98 Å². The van der Waals surface area contributed by atoms with Crippen molar-refractivity contribution in [2.75, 3.05) is 6.61 Å². The van der Waals surface area contributed by atoms with E-state index in [-0.39, 0.29) is 17.4 Å². The highest BCUT2D eigenvalue weighted by atomic mass is 16.5. The first-order chi connectivity index (χ1) is 19.3. The first-order valence-electron chi connectivity index (χ1n) is 13.9. The van der Waals surface area contributed by atoms with E-state index in [9.17, 15) is 4.79 Å². The number of imidazole rings is 1. The number of ether oxygens (including phenoxy) is 1. The number of amides is 1. The molecule has 5 rings (SSSR count). The van der Waals surface area contributed by atoms with E-state index in [1.54, 1.807) is 0 Å². The van der Waals surface area contributed by atoms with E-state index in [0.29, 0.717) is 19.6 Å². The zero-order valence-electron chi connectivity index (χ0n) is 23.7. The highest BCUT2D eigenvalue weighted by Gasteiger charge is 2.19. The molecule has 1 heterocycles. The van der Waals surface area contributed by atoms with Crippen LogP contribution in [-0.2, 0) is 23.2 Å². The average molecular weight is 532 g/mol. The van der Waals surface area contributed by atoms with Crippen LogP contribution in [0.4, 0.5) is 0 Å². The topological polar surface area (TPSA) is 56.2 Å². The lowest BCUT2D eigenvalue weighted by molar-refractivity contribution is -0.121. The van der Waals surface area contributed by atoms with Crippen LogP contribution in [0.15, 0.2) is 103 Å². The molecule has 0 aliphatic heterocycles. The molecule has 40 heavy (non-hydrogen) atoms. The minimum atomic E-state index is -0.255. The second-order valence-corrected chi connectivity index (χ2v) is 11.3. The van der Waals surface area contributed by atoms with E-state index in [1.807, 2.05) is 67.6 Å². The number of carbonyl (C=O) groups is 1. The molecular weight excluding hydrogens is 494 g/mol. The fourth-order valence-electron chi connectivity index (χ4n) is 4.95. The Morgan fingerprint density at radius 1 is 0.850 bits per heavy atom. The molecule has 0 radical (unpaired) electrons. The Labute approximate surface area is 236 Å². The number of benzene rings is 4. The van der Waals surface area contributed by atoms with Crippen molar-refractivity contribution in [1.29, 1.82) is 0 Å². The van der Waals surface area contributed by atoms with E-state index in [4.69, 9.17) is 9.72 Å². The van der Waals surface area contributed by atoms with Gasteiger partial charge in [-0.05, 0) is 58.9 Å². The lowest BCUT2D eigenvalue weighted by Crippen LogP contribution is -2.30. The van der Waals surface area contributed by atoms with Crippen molar-refractivity contribution in [2.24, 2.45) is 0 Å². The number of carbonyl (C=O) groups excluding carboxylic acids is 1. The maximum Gasteiger partial charge on any atom is 0.224 e.